The fraction of sp³-hybridized carbons (Fsp3) is 0.571. The van der Waals surface area contributed by atoms with E-state index in [0.717, 1.165) is 16.9 Å². The zero-order valence-electron chi connectivity index (χ0n) is 11.4. The summed E-state index contributed by atoms with van der Waals surface area (Å²) >= 11 is 0. The predicted octanol–water partition coefficient (Wildman–Crippen LogP) is 2.41. The monoisotopic (exact) mass is 237 g/mol. The van der Waals surface area contributed by atoms with Gasteiger partial charge < -0.3 is 14.7 Å². The SMILES string of the molecule is COc1ccc(C(O)CN(C)C)cc1C(C)C. The molecule has 0 radical (unpaired) electrons. The summed E-state index contributed by atoms with van der Waals surface area (Å²) in [5, 5.41) is 10.1. The van der Waals surface area contributed by atoms with Crippen LogP contribution in [0.2, 0.25) is 0 Å². The summed E-state index contributed by atoms with van der Waals surface area (Å²) in [7, 11) is 5.59. The first-order chi connectivity index (χ1) is 7.95. The van der Waals surface area contributed by atoms with Gasteiger partial charge in [0.15, 0.2) is 0 Å². The number of benzene rings is 1. The Labute approximate surface area is 104 Å². The molecule has 0 amide bonds. The fourth-order valence-electron chi connectivity index (χ4n) is 1.86. The maximum Gasteiger partial charge on any atom is 0.122 e. The third-order valence-electron chi connectivity index (χ3n) is 2.80. The summed E-state index contributed by atoms with van der Waals surface area (Å²) in [6.07, 6.45) is -0.451. The van der Waals surface area contributed by atoms with Crippen LogP contribution < -0.4 is 4.74 Å². The van der Waals surface area contributed by atoms with Crippen LogP contribution in [0.3, 0.4) is 0 Å². The van der Waals surface area contributed by atoms with Crippen LogP contribution in [0, 0.1) is 0 Å². The van der Waals surface area contributed by atoms with E-state index in [4.69, 9.17) is 4.74 Å². The minimum absolute atomic E-state index is 0.386. The lowest BCUT2D eigenvalue weighted by molar-refractivity contribution is 0.138. The zero-order chi connectivity index (χ0) is 13.0. The van der Waals surface area contributed by atoms with Crippen molar-refractivity contribution in [3.8, 4) is 5.75 Å². The van der Waals surface area contributed by atoms with Gasteiger partial charge in [0.25, 0.3) is 0 Å². The molecule has 0 fully saturated rings. The number of aliphatic hydroxyl groups is 1. The maximum atomic E-state index is 10.1. The van der Waals surface area contributed by atoms with Gasteiger partial charge >= 0.3 is 0 Å². The Morgan fingerprint density at radius 1 is 1.29 bits per heavy atom. The summed E-state index contributed by atoms with van der Waals surface area (Å²) < 4.78 is 5.33. The minimum Gasteiger partial charge on any atom is -0.496 e. The molecule has 1 atom stereocenters. The van der Waals surface area contributed by atoms with Crippen molar-refractivity contribution in [3.05, 3.63) is 29.3 Å². The van der Waals surface area contributed by atoms with E-state index in [1.807, 2.05) is 37.2 Å². The van der Waals surface area contributed by atoms with Crippen LogP contribution in [-0.4, -0.2) is 37.8 Å². The van der Waals surface area contributed by atoms with Crippen LogP contribution in [0.1, 0.15) is 37.0 Å². The molecule has 1 unspecified atom stereocenters. The van der Waals surface area contributed by atoms with Crippen LogP contribution in [0.5, 0.6) is 5.75 Å². The highest BCUT2D eigenvalue weighted by Gasteiger charge is 2.13. The van der Waals surface area contributed by atoms with Crippen LogP contribution in [-0.2, 0) is 0 Å². The number of rotatable bonds is 5. The molecule has 0 heterocycles. The first-order valence-corrected chi connectivity index (χ1v) is 5.96. The van der Waals surface area contributed by atoms with E-state index in [2.05, 4.69) is 13.8 Å². The quantitative estimate of drug-likeness (QED) is 0.853. The lowest BCUT2D eigenvalue weighted by atomic mass is 9.97. The number of likely N-dealkylation sites (N-methyl/N-ethyl adjacent to an activating group) is 1. The standard InChI is InChI=1S/C14H23NO2/c1-10(2)12-8-11(6-7-14(12)17-5)13(16)9-15(3)4/h6-8,10,13,16H,9H2,1-5H3. The summed E-state index contributed by atoms with van der Waals surface area (Å²) in [5.41, 5.74) is 2.09. The third-order valence-corrected chi connectivity index (χ3v) is 2.80. The van der Waals surface area contributed by atoms with Crippen molar-refractivity contribution >= 4 is 0 Å². The number of methoxy groups -OCH3 is 1. The molecule has 0 saturated heterocycles. The van der Waals surface area contributed by atoms with E-state index < -0.39 is 6.10 Å². The largest absolute Gasteiger partial charge is 0.496 e. The molecular formula is C14H23NO2. The smallest absolute Gasteiger partial charge is 0.122 e. The van der Waals surface area contributed by atoms with Crippen molar-refractivity contribution in [2.75, 3.05) is 27.7 Å². The highest BCUT2D eigenvalue weighted by molar-refractivity contribution is 5.40. The van der Waals surface area contributed by atoms with Gasteiger partial charge in [-0.2, -0.15) is 0 Å². The highest BCUT2D eigenvalue weighted by Crippen LogP contribution is 2.29. The Hall–Kier alpha value is -1.06. The van der Waals surface area contributed by atoms with Crippen LogP contribution in [0.25, 0.3) is 0 Å². The van der Waals surface area contributed by atoms with E-state index in [9.17, 15) is 5.11 Å². The molecular weight excluding hydrogens is 214 g/mol. The van der Waals surface area contributed by atoms with Gasteiger partial charge in [-0.15, -0.1) is 0 Å². The molecule has 0 aliphatic carbocycles. The Morgan fingerprint density at radius 3 is 2.41 bits per heavy atom. The molecule has 0 saturated carbocycles. The number of nitrogens with zero attached hydrogens (tertiary/aromatic N) is 1. The van der Waals surface area contributed by atoms with E-state index in [0.29, 0.717) is 12.5 Å². The molecule has 0 aliphatic heterocycles. The zero-order valence-corrected chi connectivity index (χ0v) is 11.4. The Kier molecular flexibility index (Phi) is 4.97. The lowest BCUT2D eigenvalue weighted by Gasteiger charge is -2.19. The molecule has 0 bridgehead atoms. The molecule has 1 aromatic carbocycles. The second-order valence-corrected chi connectivity index (χ2v) is 4.93. The molecule has 0 aliphatic rings. The Morgan fingerprint density at radius 2 is 1.94 bits per heavy atom. The molecule has 96 valence electrons. The van der Waals surface area contributed by atoms with Crippen molar-refractivity contribution in [2.24, 2.45) is 0 Å². The highest BCUT2D eigenvalue weighted by atomic mass is 16.5. The summed E-state index contributed by atoms with van der Waals surface area (Å²) in [6.45, 7) is 4.88. The van der Waals surface area contributed by atoms with E-state index in [-0.39, 0.29) is 0 Å². The molecule has 0 spiro atoms. The van der Waals surface area contributed by atoms with Gasteiger partial charge in [-0.05, 0) is 43.3 Å². The normalized spacial score (nSPS) is 13.2. The first-order valence-electron chi connectivity index (χ1n) is 5.96. The Balaban J connectivity index is 2.99. The topological polar surface area (TPSA) is 32.7 Å². The van der Waals surface area contributed by atoms with Gasteiger partial charge in [-0.1, -0.05) is 19.9 Å². The number of hydrogen-bond donors (Lipinski definition) is 1. The summed E-state index contributed by atoms with van der Waals surface area (Å²) in [4.78, 5) is 1.98. The van der Waals surface area contributed by atoms with E-state index >= 15 is 0 Å². The van der Waals surface area contributed by atoms with Crippen LogP contribution in [0.15, 0.2) is 18.2 Å². The molecule has 1 rings (SSSR count). The van der Waals surface area contributed by atoms with Gasteiger partial charge in [0.1, 0.15) is 5.75 Å². The predicted molar refractivity (Wildman–Crippen MR) is 70.6 cm³/mol. The van der Waals surface area contributed by atoms with Gasteiger partial charge in [0, 0.05) is 6.54 Å². The molecule has 1 N–H and O–H groups in total. The van der Waals surface area contributed by atoms with Gasteiger partial charge in [-0.3, -0.25) is 0 Å². The number of hydrogen-bond acceptors (Lipinski definition) is 3. The van der Waals surface area contributed by atoms with Crippen LogP contribution in [0.4, 0.5) is 0 Å². The molecule has 3 heteroatoms. The number of ether oxygens (including phenoxy) is 1. The second-order valence-electron chi connectivity index (χ2n) is 4.93. The average molecular weight is 237 g/mol. The van der Waals surface area contributed by atoms with Crippen LogP contribution >= 0.6 is 0 Å². The number of aliphatic hydroxyl groups excluding tert-OH is 1. The summed E-state index contributed by atoms with van der Waals surface area (Å²) in [6, 6.07) is 5.90. The lowest BCUT2D eigenvalue weighted by Crippen LogP contribution is -2.20. The maximum absolute atomic E-state index is 10.1. The fourth-order valence-corrected chi connectivity index (χ4v) is 1.86. The second kappa shape index (κ2) is 6.03. The van der Waals surface area contributed by atoms with E-state index in [1.165, 1.54) is 0 Å². The van der Waals surface area contributed by atoms with Crippen molar-refractivity contribution in [1.82, 2.24) is 4.90 Å². The van der Waals surface area contributed by atoms with Gasteiger partial charge in [-0.25, -0.2) is 0 Å². The van der Waals surface area contributed by atoms with Crippen molar-refractivity contribution in [3.63, 3.8) is 0 Å². The van der Waals surface area contributed by atoms with Crippen molar-refractivity contribution < 1.29 is 9.84 Å². The molecule has 3 nitrogen and oxygen atoms in total. The summed E-state index contributed by atoms with van der Waals surface area (Å²) in [5.74, 6) is 1.28. The van der Waals surface area contributed by atoms with Crippen molar-refractivity contribution in [2.45, 2.75) is 25.9 Å². The first kappa shape index (κ1) is 14.0. The molecule has 0 aromatic heterocycles. The van der Waals surface area contributed by atoms with E-state index in [1.54, 1.807) is 7.11 Å². The Bertz CT molecular complexity index is 361. The minimum atomic E-state index is -0.451. The average Bonchev–Trinajstić information content (AvgIpc) is 2.27. The van der Waals surface area contributed by atoms with Crippen molar-refractivity contribution in [1.29, 1.82) is 0 Å². The third kappa shape index (κ3) is 3.72. The molecule has 17 heavy (non-hydrogen) atoms. The molecule has 1 aromatic rings. The van der Waals surface area contributed by atoms with Gasteiger partial charge in [0.2, 0.25) is 0 Å². The van der Waals surface area contributed by atoms with Gasteiger partial charge in [0.05, 0.1) is 13.2 Å².